The van der Waals surface area contributed by atoms with Crippen molar-refractivity contribution in [3.63, 3.8) is 0 Å². The molecule has 1 amide bonds. The van der Waals surface area contributed by atoms with Crippen LogP contribution in [0.15, 0.2) is 0 Å². The molecule has 4 fully saturated rings. The number of Topliss-reactive ketones (excluding diaryl/α,β-unsaturated/α-hetero) is 1. The summed E-state index contributed by atoms with van der Waals surface area (Å²) in [5.41, 5.74) is 0.685. The second kappa shape index (κ2) is 5.57. The van der Waals surface area contributed by atoms with Gasteiger partial charge in [0.1, 0.15) is 5.78 Å². The summed E-state index contributed by atoms with van der Waals surface area (Å²) in [7, 11) is 0. The first-order chi connectivity index (χ1) is 11.3. The Hall–Kier alpha value is -0.860. The Morgan fingerprint density at radius 3 is 2.50 bits per heavy atom. The average molecular weight is 332 g/mol. The van der Waals surface area contributed by atoms with Gasteiger partial charge in [0.15, 0.2) is 0 Å². The van der Waals surface area contributed by atoms with Crippen molar-refractivity contribution in [1.29, 1.82) is 0 Å². The quantitative estimate of drug-likeness (QED) is 0.786. The normalized spacial score (nSPS) is 50.6. The molecule has 24 heavy (non-hydrogen) atoms. The van der Waals surface area contributed by atoms with E-state index in [1.807, 2.05) is 0 Å². The second-order valence-corrected chi connectivity index (χ2v) is 9.77. The molecule has 0 saturated heterocycles. The van der Waals surface area contributed by atoms with Crippen LogP contribution in [0.2, 0.25) is 0 Å². The fraction of sp³-hybridized carbons (Fsp3) is 0.905. The van der Waals surface area contributed by atoms with Crippen molar-refractivity contribution in [3.05, 3.63) is 0 Å². The smallest absolute Gasteiger partial charge is 0.217 e. The van der Waals surface area contributed by atoms with Crippen molar-refractivity contribution in [2.45, 2.75) is 84.6 Å². The van der Waals surface area contributed by atoms with Crippen molar-refractivity contribution in [2.24, 2.45) is 34.5 Å². The molecule has 0 bridgehead atoms. The maximum absolute atomic E-state index is 12.0. The van der Waals surface area contributed by atoms with Crippen LogP contribution in [0.4, 0.5) is 0 Å². The Balaban J connectivity index is 1.58. The molecule has 134 valence electrons. The van der Waals surface area contributed by atoms with E-state index >= 15 is 0 Å². The first-order valence-corrected chi connectivity index (χ1v) is 10.1. The minimum atomic E-state index is 0.130. The van der Waals surface area contributed by atoms with Crippen LogP contribution in [0.5, 0.6) is 0 Å². The van der Waals surface area contributed by atoms with Crippen LogP contribution in [-0.4, -0.2) is 17.7 Å². The highest BCUT2D eigenvalue weighted by Gasteiger charge is 2.60. The number of ketones is 1. The zero-order valence-electron chi connectivity index (χ0n) is 15.6. The number of hydrogen-bond acceptors (Lipinski definition) is 2. The van der Waals surface area contributed by atoms with Crippen LogP contribution in [-0.2, 0) is 9.59 Å². The van der Waals surface area contributed by atoms with Gasteiger partial charge in [-0.05, 0) is 79.4 Å². The number of carbonyl (C=O) groups is 2. The van der Waals surface area contributed by atoms with Gasteiger partial charge in [-0.15, -0.1) is 0 Å². The summed E-state index contributed by atoms with van der Waals surface area (Å²) < 4.78 is 0. The molecule has 0 aliphatic heterocycles. The van der Waals surface area contributed by atoms with Crippen molar-refractivity contribution in [1.82, 2.24) is 5.32 Å². The first-order valence-electron chi connectivity index (χ1n) is 10.1. The molecule has 4 saturated carbocycles. The van der Waals surface area contributed by atoms with Gasteiger partial charge in [0.05, 0.1) is 0 Å². The highest BCUT2D eigenvalue weighted by molar-refractivity contribution is 5.79. The lowest BCUT2D eigenvalue weighted by atomic mass is 9.45. The zero-order chi connectivity index (χ0) is 17.1. The lowest BCUT2D eigenvalue weighted by Gasteiger charge is -2.60. The molecule has 0 aromatic rings. The predicted octanol–water partition coefficient (Wildman–Crippen LogP) is 4.10. The second-order valence-electron chi connectivity index (χ2n) is 9.77. The minimum absolute atomic E-state index is 0.130. The Morgan fingerprint density at radius 1 is 1.00 bits per heavy atom. The molecule has 4 aliphatic rings. The molecule has 4 unspecified atom stereocenters. The molecule has 0 heterocycles. The molecule has 7 atom stereocenters. The summed E-state index contributed by atoms with van der Waals surface area (Å²) in [4.78, 5) is 23.6. The van der Waals surface area contributed by atoms with Gasteiger partial charge in [-0.3, -0.25) is 9.59 Å². The topological polar surface area (TPSA) is 46.2 Å². The molecule has 0 aromatic heterocycles. The van der Waals surface area contributed by atoms with Gasteiger partial charge in [-0.2, -0.15) is 0 Å². The van der Waals surface area contributed by atoms with Gasteiger partial charge in [0.25, 0.3) is 0 Å². The maximum Gasteiger partial charge on any atom is 0.217 e. The fourth-order valence-corrected chi connectivity index (χ4v) is 7.53. The van der Waals surface area contributed by atoms with Gasteiger partial charge in [0.2, 0.25) is 5.91 Å². The van der Waals surface area contributed by atoms with Crippen molar-refractivity contribution in [3.8, 4) is 0 Å². The Bertz CT molecular complexity index is 558. The van der Waals surface area contributed by atoms with E-state index in [1.165, 1.54) is 32.1 Å². The van der Waals surface area contributed by atoms with Gasteiger partial charge in [0, 0.05) is 25.8 Å². The summed E-state index contributed by atoms with van der Waals surface area (Å²) in [6.07, 6.45) is 10.3. The predicted molar refractivity (Wildman–Crippen MR) is 94.3 cm³/mol. The number of carbonyl (C=O) groups excluding carboxylic acids is 2. The number of rotatable bonds is 1. The zero-order valence-corrected chi connectivity index (χ0v) is 15.6. The SMILES string of the molecule is CC(=O)NC1CCC2C3CC[C@@H]4CC(=O)CC[C@]4(C)C3CC[C@]12C. The lowest BCUT2D eigenvalue weighted by Crippen LogP contribution is -2.55. The summed E-state index contributed by atoms with van der Waals surface area (Å²) in [6.45, 7) is 6.61. The third-order valence-electron chi connectivity index (χ3n) is 8.86. The monoisotopic (exact) mass is 331 g/mol. The molecule has 3 heteroatoms. The number of hydrogen-bond donors (Lipinski definition) is 1. The molecule has 4 rings (SSSR count). The maximum atomic E-state index is 12.0. The molecule has 0 spiro atoms. The van der Waals surface area contributed by atoms with Crippen LogP contribution >= 0.6 is 0 Å². The van der Waals surface area contributed by atoms with Crippen LogP contribution in [0, 0.1) is 34.5 Å². The van der Waals surface area contributed by atoms with E-state index in [2.05, 4.69) is 19.2 Å². The summed E-state index contributed by atoms with van der Waals surface area (Å²) in [6, 6.07) is 0.374. The number of amides is 1. The number of fused-ring (bicyclic) bond motifs is 5. The summed E-state index contributed by atoms with van der Waals surface area (Å²) in [5.74, 6) is 3.66. The van der Waals surface area contributed by atoms with Gasteiger partial charge < -0.3 is 5.32 Å². The highest BCUT2D eigenvalue weighted by Crippen LogP contribution is 2.65. The largest absolute Gasteiger partial charge is 0.353 e. The molecule has 0 aromatic carbocycles. The van der Waals surface area contributed by atoms with E-state index in [0.717, 1.165) is 43.4 Å². The Labute approximate surface area is 146 Å². The van der Waals surface area contributed by atoms with E-state index in [-0.39, 0.29) is 5.91 Å². The van der Waals surface area contributed by atoms with E-state index in [4.69, 9.17) is 0 Å². The minimum Gasteiger partial charge on any atom is -0.353 e. The van der Waals surface area contributed by atoms with Gasteiger partial charge >= 0.3 is 0 Å². The lowest BCUT2D eigenvalue weighted by molar-refractivity contribution is -0.139. The number of nitrogens with one attached hydrogen (secondary N) is 1. The van der Waals surface area contributed by atoms with E-state index in [1.54, 1.807) is 6.92 Å². The molecule has 0 radical (unpaired) electrons. The van der Waals surface area contributed by atoms with Crippen LogP contribution in [0.3, 0.4) is 0 Å². The Kier molecular flexibility index (Phi) is 3.85. The average Bonchev–Trinajstić information content (AvgIpc) is 2.84. The van der Waals surface area contributed by atoms with Crippen LogP contribution < -0.4 is 5.32 Å². The van der Waals surface area contributed by atoms with Gasteiger partial charge in [-0.1, -0.05) is 13.8 Å². The van der Waals surface area contributed by atoms with Crippen LogP contribution in [0.25, 0.3) is 0 Å². The van der Waals surface area contributed by atoms with Gasteiger partial charge in [-0.25, -0.2) is 0 Å². The Morgan fingerprint density at radius 2 is 1.75 bits per heavy atom. The molecular weight excluding hydrogens is 298 g/mol. The fourth-order valence-electron chi connectivity index (χ4n) is 7.53. The van der Waals surface area contributed by atoms with E-state index < -0.39 is 0 Å². The third-order valence-corrected chi connectivity index (χ3v) is 8.86. The molecule has 4 aliphatic carbocycles. The third kappa shape index (κ3) is 2.29. The van der Waals surface area contributed by atoms with Crippen molar-refractivity contribution < 1.29 is 9.59 Å². The molecule has 3 nitrogen and oxygen atoms in total. The summed E-state index contributed by atoms with van der Waals surface area (Å²) in [5, 5.41) is 3.26. The summed E-state index contributed by atoms with van der Waals surface area (Å²) >= 11 is 0. The van der Waals surface area contributed by atoms with Crippen molar-refractivity contribution in [2.75, 3.05) is 0 Å². The first kappa shape index (κ1) is 16.6. The highest BCUT2D eigenvalue weighted by atomic mass is 16.1. The van der Waals surface area contributed by atoms with Crippen molar-refractivity contribution >= 4 is 11.7 Å². The van der Waals surface area contributed by atoms with E-state index in [9.17, 15) is 9.59 Å². The standard InChI is InChI=1S/C21H33NO2/c1-13(23)22-19-7-6-17-16-5-4-14-12-15(24)8-10-20(14,2)18(16)9-11-21(17,19)3/h14,16-19H,4-12H2,1-3H3,(H,22,23)/t14-,16?,17?,18?,19?,20+,21+/m1/s1. The molecular formula is C21H33NO2. The molecule has 1 N–H and O–H groups in total. The van der Waals surface area contributed by atoms with E-state index in [0.29, 0.717) is 28.6 Å². The van der Waals surface area contributed by atoms with Crippen LogP contribution in [0.1, 0.15) is 78.6 Å².